The molecule has 1 atom stereocenters. The van der Waals surface area contributed by atoms with Crippen molar-refractivity contribution in [1.29, 1.82) is 0 Å². The van der Waals surface area contributed by atoms with Crippen molar-refractivity contribution >= 4 is 11.6 Å². The zero-order valence-electron chi connectivity index (χ0n) is 10.9. The highest BCUT2D eigenvalue weighted by atomic mass is 35.5. The molecule has 1 aliphatic rings. The number of likely N-dealkylation sites (tertiary alicyclic amines) is 1. The van der Waals surface area contributed by atoms with Crippen LogP contribution in [0.2, 0.25) is 5.02 Å². The van der Waals surface area contributed by atoms with E-state index < -0.39 is 0 Å². The van der Waals surface area contributed by atoms with Crippen molar-refractivity contribution in [3.8, 4) is 5.75 Å². The summed E-state index contributed by atoms with van der Waals surface area (Å²) in [6.45, 7) is 5.48. The highest BCUT2D eigenvalue weighted by Crippen LogP contribution is 2.31. The highest BCUT2D eigenvalue weighted by molar-refractivity contribution is 6.32. The monoisotopic (exact) mass is 268 g/mol. The second-order valence-corrected chi connectivity index (χ2v) is 5.02. The normalized spacial score (nSPS) is 17.9. The molecule has 0 radical (unpaired) electrons. The maximum Gasteiger partial charge on any atom is 0.137 e. The summed E-state index contributed by atoms with van der Waals surface area (Å²) >= 11 is 6.23. The van der Waals surface area contributed by atoms with E-state index >= 15 is 0 Å². The van der Waals surface area contributed by atoms with Crippen LogP contribution in [0.1, 0.15) is 31.4 Å². The predicted molar refractivity (Wildman–Crippen MR) is 75.2 cm³/mol. The molecule has 2 N–H and O–H groups in total. The number of benzene rings is 1. The van der Waals surface area contributed by atoms with Crippen LogP contribution in [0.5, 0.6) is 5.75 Å². The minimum Gasteiger partial charge on any atom is -0.492 e. The first-order valence-corrected chi connectivity index (χ1v) is 7.00. The van der Waals surface area contributed by atoms with Crippen LogP contribution in [-0.4, -0.2) is 31.1 Å². The van der Waals surface area contributed by atoms with Crippen LogP contribution in [0.4, 0.5) is 0 Å². The molecule has 4 heteroatoms. The first-order valence-electron chi connectivity index (χ1n) is 6.62. The van der Waals surface area contributed by atoms with E-state index in [-0.39, 0.29) is 6.04 Å². The number of halogens is 1. The molecule has 3 nitrogen and oxygen atoms in total. The summed E-state index contributed by atoms with van der Waals surface area (Å²) in [6, 6.07) is 6.29. The Balaban J connectivity index is 2.17. The van der Waals surface area contributed by atoms with Gasteiger partial charge in [0.25, 0.3) is 0 Å². The zero-order chi connectivity index (χ0) is 13.0. The molecule has 1 aliphatic heterocycles. The maximum atomic E-state index is 6.23. The molecule has 1 aromatic rings. The molecule has 1 fully saturated rings. The lowest BCUT2D eigenvalue weighted by molar-refractivity contribution is 0.251. The van der Waals surface area contributed by atoms with Gasteiger partial charge in [-0.15, -0.1) is 0 Å². The summed E-state index contributed by atoms with van der Waals surface area (Å²) in [5, 5.41) is 0.673. The van der Waals surface area contributed by atoms with Gasteiger partial charge >= 0.3 is 0 Å². The Bertz CT molecular complexity index is 391. The molecule has 1 saturated heterocycles. The average Bonchev–Trinajstić information content (AvgIpc) is 2.87. The molecular formula is C14H21ClN2O. The smallest absolute Gasteiger partial charge is 0.137 e. The summed E-state index contributed by atoms with van der Waals surface area (Å²) in [5.41, 5.74) is 7.10. The molecule has 2 rings (SSSR count). The van der Waals surface area contributed by atoms with Gasteiger partial charge < -0.3 is 10.5 Å². The fourth-order valence-electron chi connectivity index (χ4n) is 2.55. The third-order valence-electron chi connectivity index (χ3n) is 3.45. The molecule has 100 valence electrons. The molecule has 0 aliphatic carbocycles. The molecule has 1 heterocycles. The molecule has 0 saturated carbocycles. The van der Waals surface area contributed by atoms with Crippen molar-refractivity contribution in [2.75, 3.05) is 26.2 Å². The van der Waals surface area contributed by atoms with Gasteiger partial charge in [0.1, 0.15) is 5.75 Å². The van der Waals surface area contributed by atoms with Gasteiger partial charge in [0.15, 0.2) is 0 Å². The minimum atomic E-state index is 0.278. The molecule has 1 aromatic carbocycles. The van der Waals surface area contributed by atoms with Crippen molar-refractivity contribution in [3.63, 3.8) is 0 Å². The number of nitrogens with zero attached hydrogens (tertiary/aromatic N) is 1. The standard InChI is InChI=1S/C14H21ClN2O/c1-2-18-14-6-5-11(9-12(14)15)13(10-16)17-7-3-4-8-17/h5-6,9,13H,2-4,7-8,10,16H2,1H3. The van der Waals surface area contributed by atoms with Crippen molar-refractivity contribution in [3.05, 3.63) is 28.8 Å². The largest absolute Gasteiger partial charge is 0.492 e. The molecule has 0 amide bonds. The van der Waals surface area contributed by atoms with E-state index in [9.17, 15) is 0 Å². The fourth-order valence-corrected chi connectivity index (χ4v) is 2.79. The Morgan fingerprint density at radius 2 is 2.11 bits per heavy atom. The van der Waals surface area contributed by atoms with Crippen molar-refractivity contribution < 1.29 is 4.74 Å². The molecule has 0 bridgehead atoms. The lowest BCUT2D eigenvalue weighted by Gasteiger charge is -2.27. The summed E-state index contributed by atoms with van der Waals surface area (Å²) < 4.78 is 5.45. The third kappa shape index (κ3) is 2.97. The Labute approximate surface area is 114 Å². The van der Waals surface area contributed by atoms with Gasteiger partial charge in [-0.2, -0.15) is 0 Å². The molecule has 0 aromatic heterocycles. The van der Waals surface area contributed by atoms with Crippen LogP contribution in [0.15, 0.2) is 18.2 Å². The van der Waals surface area contributed by atoms with Crippen molar-refractivity contribution in [2.24, 2.45) is 5.73 Å². The minimum absolute atomic E-state index is 0.278. The lowest BCUT2D eigenvalue weighted by Crippen LogP contribution is -2.31. The van der Waals surface area contributed by atoms with Gasteiger partial charge in [-0.05, 0) is 50.6 Å². The Kier molecular flexibility index (Phi) is 4.87. The second kappa shape index (κ2) is 6.41. The Hall–Kier alpha value is -0.770. The Morgan fingerprint density at radius 1 is 1.39 bits per heavy atom. The van der Waals surface area contributed by atoms with Gasteiger partial charge in [-0.1, -0.05) is 17.7 Å². The van der Waals surface area contributed by atoms with E-state index in [1.807, 2.05) is 19.1 Å². The van der Waals surface area contributed by atoms with Crippen LogP contribution >= 0.6 is 11.6 Å². The van der Waals surface area contributed by atoms with Gasteiger partial charge in [0.05, 0.1) is 11.6 Å². The van der Waals surface area contributed by atoms with Gasteiger partial charge in [0.2, 0.25) is 0 Å². The SMILES string of the molecule is CCOc1ccc(C(CN)N2CCCC2)cc1Cl. The van der Waals surface area contributed by atoms with Crippen LogP contribution in [0.25, 0.3) is 0 Å². The third-order valence-corrected chi connectivity index (χ3v) is 3.74. The van der Waals surface area contributed by atoms with Gasteiger partial charge in [-0.25, -0.2) is 0 Å². The molecule has 0 spiro atoms. The van der Waals surface area contributed by atoms with E-state index in [0.29, 0.717) is 18.2 Å². The van der Waals surface area contributed by atoms with E-state index in [0.717, 1.165) is 18.8 Å². The van der Waals surface area contributed by atoms with Crippen LogP contribution in [0.3, 0.4) is 0 Å². The van der Waals surface area contributed by atoms with Crippen LogP contribution < -0.4 is 10.5 Å². The first kappa shape index (κ1) is 13.7. The first-order chi connectivity index (χ1) is 8.76. The second-order valence-electron chi connectivity index (χ2n) is 4.62. The predicted octanol–water partition coefficient (Wildman–Crippen LogP) is 2.83. The van der Waals surface area contributed by atoms with E-state index in [4.69, 9.17) is 22.1 Å². The van der Waals surface area contributed by atoms with Gasteiger partial charge in [-0.3, -0.25) is 4.90 Å². The van der Waals surface area contributed by atoms with Crippen molar-refractivity contribution in [2.45, 2.75) is 25.8 Å². The lowest BCUT2D eigenvalue weighted by atomic mass is 10.1. The number of nitrogens with two attached hydrogens (primary N) is 1. The van der Waals surface area contributed by atoms with E-state index in [1.54, 1.807) is 0 Å². The van der Waals surface area contributed by atoms with Gasteiger partial charge in [0, 0.05) is 12.6 Å². The Morgan fingerprint density at radius 3 is 2.67 bits per heavy atom. The molecule has 1 unspecified atom stereocenters. The van der Waals surface area contributed by atoms with Crippen molar-refractivity contribution in [1.82, 2.24) is 4.90 Å². The fraction of sp³-hybridized carbons (Fsp3) is 0.571. The maximum absolute atomic E-state index is 6.23. The number of rotatable bonds is 5. The summed E-state index contributed by atoms with van der Waals surface area (Å²) in [7, 11) is 0. The summed E-state index contributed by atoms with van der Waals surface area (Å²) in [5.74, 6) is 0.750. The van der Waals surface area contributed by atoms with Crippen LogP contribution in [0, 0.1) is 0 Å². The summed E-state index contributed by atoms with van der Waals surface area (Å²) in [6.07, 6.45) is 2.53. The summed E-state index contributed by atoms with van der Waals surface area (Å²) in [4.78, 5) is 2.44. The highest BCUT2D eigenvalue weighted by Gasteiger charge is 2.22. The van der Waals surface area contributed by atoms with E-state index in [2.05, 4.69) is 11.0 Å². The zero-order valence-corrected chi connectivity index (χ0v) is 11.6. The number of hydrogen-bond donors (Lipinski definition) is 1. The average molecular weight is 269 g/mol. The topological polar surface area (TPSA) is 38.5 Å². The quantitative estimate of drug-likeness (QED) is 0.892. The molecular weight excluding hydrogens is 248 g/mol. The number of hydrogen-bond acceptors (Lipinski definition) is 3. The number of ether oxygens (including phenoxy) is 1. The van der Waals surface area contributed by atoms with E-state index in [1.165, 1.54) is 18.4 Å². The van der Waals surface area contributed by atoms with Crippen LogP contribution in [-0.2, 0) is 0 Å². The molecule has 18 heavy (non-hydrogen) atoms.